The number of hydrogen-bond donors (Lipinski definition) is 1. The van der Waals surface area contributed by atoms with Crippen LogP contribution in [0.3, 0.4) is 0 Å². The summed E-state index contributed by atoms with van der Waals surface area (Å²) in [7, 11) is -2.73. The number of carbonyl (C=O) groups excluding carboxylic acids is 2. The second-order valence-corrected chi connectivity index (χ2v) is 12.1. The average molecular weight is 618 g/mol. The number of aryl methyl sites for hydroxylation is 1. The Hall–Kier alpha value is -4.70. The minimum Gasteiger partial charge on any atom is -0.497 e. The van der Waals surface area contributed by atoms with Crippen LogP contribution in [0.25, 0.3) is 0 Å². The third-order valence-electron chi connectivity index (χ3n) is 7.11. The number of carbonyl (C=O) groups is 2. The number of hydrogen-bond acceptors (Lipinski definition) is 5. The van der Waals surface area contributed by atoms with Crippen LogP contribution < -0.4 is 14.4 Å². The van der Waals surface area contributed by atoms with Gasteiger partial charge < -0.3 is 15.0 Å². The van der Waals surface area contributed by atoms with Crippen molar-refractivity contribution in [2.45, 2.75) is 37.8 Å². The first kappa shape index (κ1) is 32.2. The number of nitrogens with zero attached hydrogens (tertiary/aromatic N) is 2. The zero-order valence-corrected chi connectivity index (χ0v) is 25.8. The van der Waals surface area contributed by atoms with Gasteiger partial charge in [0.25, 0.3) is 10.0 Å². The van der Waals surface area contributed by atoms with Gasteiger partial charge in [0.15, 0.2) is 0 Å². The SMILES string of the molecule is CCNC(=O)[C@H](Cc1ccccc1)N(Cc1cccc(OC)c1)C(=O)CN(c1ccc(F)cc1)S(=O)(=O)c1ccc(C)cc1. The molecule has 1 N–H and O–H groups in total. The van der Waals surface area contributed by atoms with E-state index in [-0.39, 0.29) is 29.5 Å². The molecule has 0 aliphatic carbocycles. The van der Waals surface area contributed by atoms with E-state index in [4.69, 9.17) is 4.74 Å². The number of rotatable bonds is 13. The van der Waals surface area contributed by atoms with E-state index in [1.165, 1.54) is 36.3 Å². The van der Waals surface area contributed by atoms with Crippen LogP contribution in [-0.4, -0.2) is 51.4 Å². The summed E-state index contributed by atoms with van der Waals surface area (Å²) in [4.78, 5) is 29.3. The van der Waals surface area contributed by atoms with Crippen molar-refractivity contribution in [3.63, 3.8) is 0 Å². The monoisotopic (exact) mass is 617 g/mol. The lowest BCUT2D eigenvalue weighted by molar-refractivity contribution is -0.140. The molecule has 4 aromatic carbocycles. The molecule has 0 aromatic heterocycles. The van der Waals surface area contributed by atoms with Gasteiger partial charge in [-0.25, -0.2) is 12.8 Å². The molecule has 8 nitrogen and oxygen atoms in total. The molecule has 10 heteroatoms. The number of sulfonamides is 1. The summed E-state index contributed by atoms with van der Waals surface area (Å²) in [5.74, 6) is -0.962. The van der Waals surface area contributed by atoms with Crippen LogP contribution in [0.1, 0.15) is 23.6 Å². The topological polar surface area (TPSA) is 96.0 Å². The zero-order chi connectivity index (χ0) is 31.7. The van der Waals surface area contributed by atoms with Crippen molar-refractivity contribution in [1.29, 1.82) is 0 Å². The van der Waals surface area contributed by atoms with Gasteiger partial charge in [-0.05, 0) is 73.5 Å². The number of halogens is 1. The van der Waals surface area contributed by atoms with Gasteiger partial charge in [-0.2, -0.15) is 0 Å². The number of anilines is 1. The van der Waals surface area contributed by atoms with E-state index in [1.807, 2.05) is 37.3 Å². The smallest absolute Gasteiger partial charge is 0.264 e. The lowest BCUT2D eigenvalue weighted by Crippen LogP contribution is -2.53. The Bertz CT molecular complexity index is 1660. The summed E-state index contributed by atoms with van der Waals surface area (Å²) in [6, 6.07) is 26.6. The first-order valence-electron chi connectivity index (χ1n) is 14.2. The Kier molecular flexibility index (Phi) is 10.7. The normalized spacial score (nSPS) is 11.8. The first-order valence-corrected chi connectivity index (χ1v) is 15.7. The predicted octanol–water partition coefficient (Wildman–Crippen LogP) is 5.11. The fraction of sp³-hybridized carbons (Fsp3) is 0.235. The minimum atomic E-state index is -4.27. The number of amides is 2. The molecule has 0 saturated heterocycles. The molecule has 4 aromatic rings. The van der Waals surface area contributed by atoms with Gasteiger partial charge in [0.2, 0.25) is 11.8 Å². The lowest BCUT2D eigenvalue weighted by Gasteiger charge is -2.34. The third-order valence-corrected chi connectivity index (χ3v) is 8.90. The standard InChI is InChI=1S/C34H36FN3O5S/c1-4-36-34(40)32(22-26-9-6-5-7-10-26)37(23-27-11-8-12-30(21-27)43-3)33(39)24-38(29-17-15-28(35)16-18-29)44(41,42)31-19-13-25(2)14-20-31/h5-21,32H,4,22-24H2,1-3H3,(H,36,40)/t32-/m0/s1. The van der Waals surface area contributed by atoms with Gasteiger partial charge >= 0.3 is 0 Å². The van der Waals surface area contributed by atoms with Crippen molar-refractivity contribution >= 4 is 27.5 Å². The van der Waals surface area contributed by atoms with Crippen molar-refractivity contribution < 1.29 is 27.1 Å². The molecule has 0 aliphatic heterocycles. The van der Waals surface area contributed by atoms with Crippen LogP contribution in [0.5, 0.6) is 5.75 Å². The molecule has 0 saturated carbocycles. The number of ether oxygens (including phenoxy) is 1. The van der Waals surface area contributed by atoms with E-state index < -0.39 is 34.3 Å². The van der Waals surface area contributed by atoms with E-state index in [0.29, 0.717) is 17.9 Å². The van der Waals surface area contributed by atoms with Crippen molar-refractivity contribution in [3.05, 3.63) is 126 Å². The number of benzene rings is 4. The van der Waals surface area contributed by atoms with Gasteiger partial charge in [-0.3, -0.25) is 13.9 Å². The second-order valence-electron chi connectivity index (χ2n) is 10.3. The van der Waals surface area contributed by atoms with Crippen molar-refractivity contribution in [2.75, 3.05) is 24.5 Å². The molecule has 0 unspecified atom stereocenters. The maximum atomic E-state index is 14.4. The number of likely N-dealkylation sites (N-methyl/N-ethyl adjacent to an activating group) is 1. The zero-order valence-electron chi connectivity index (χ0n) is 24.9. The van der Waals surface area contributed by atoms with Crippen LogP contribution in [0.2, 0.25) is 0 Å². The molecular formula is C34H36FN3O5S. The molecule has 4 rings (SSSR count). The highest BCUT2D eigenvalue weighted by atomic mass is 32.2. The van der Waals surface area contributed by atoms with E-state index in [1.54, 1.807) is 43.3 Å². The minimum absolute atomic E-state index is 0.00645. The molecule has 0 heterocycles. The van der Waals surface area contributed by atoms with Gasteiger partial charge in [0.05, 0.1) is 17.7 Å². The van der Waals surface area contributed by atoms with Crippen molar-refractivity contribution in [3.8, 4) is 5.75 Å². The Morgan fingerprint density at radius 3 is 2.18 bits per heavy atom. The Balaban J connectivity index is 1.80. The predicted molar refractivity (Wildman–Crippen MR) is 168 cm³/mol. The average Bonchev–Trinajstić information content (AvgIpc) is 3.02. The number of nitrogens with one attached hydrogen (secondary N) is 1. The summed E-state index contributed by atoms with van der Waals surface area (Å²) in [5.41, 5.74) is 2.49. The summed E-state index contributed by atoms with van der Waals surface area (Å²) >= 11 is 0. The van der Waals surface area contributed by atoms with Crippen LogP contribution in [0, 0.1) is 12.7 Å². The number of methoxy groups -OCH3 is 1. The highest BCUT2D eigenvalue weighted by molar-refractivity contribution is 7.92. The molecule has 0 radical (unpaired) electrons. The van der Waals surface area contributed by atoms with Crippen molar-refractivity contribution in [1.82, 2.24) is 10.2 Å². The molecule has 2 amide bonds. The van der Waals surface area contributed by atoms with Gasteiger partial charge in [0.1, 0.15) is 24.2 Å². The maximum absolute atomic E-state index is 14.4. The summed E-state index contributed by atoms with van der Waals surface area (Å²) in [5, 5.41) is 2.83. The highest BCUT2D eigenvalue weighted by Gasteiger charge is 2.34. The quantitative estimate of drug-likeness (QED) is 0.225. The summed E-state index contributed by atoms with van der Waals surface area (Å²) in [6.07, 6.45) is 0.198. The first-order chi connectivity index (χ1) is 21.1. The molecule has 0 aliphatic rings. The fourth-order valence-corrected chi connectivity index (χ4v) is 6.20. The van der Waals surface area contributed by atoms with E-state index in [2.05, 4.69) is 5.32 Å². The molecule has 44 heavy (non-hydrogen) atoms. The van der Waals surface area contributed by atoms with Gasteiger partial charge in [-0.15, -0.1) is 0 Å². The largest absolute Gasteiger partial charge is 0.497 e. The van der Waals surface area contributed by atoms with Crippen molar-refractivity contribution in [2.24, 2.45) is 0 Å². The maximum Gasteiger partial charge on any atom is 0.264 e. The van der Waals surface area contributed by atoms with Gasteiger partial charge in [0, 0.05) is 19.5 Å². The van der Waals surface area contributed by atoms with E-state index >= 15 is 0 Å². The molecule has 0 fully saturated rings. The van der Waals surface area contributed by atoms with Crippen LogP contribution in [0.15, 0.2) is 108 Å². The Labute approximate surface area is 258 Å². The highest BCUT2D eigenvalue weighted by Crippen LogP contribution is 2.26. The third kappa shape index (κ3) is 8.02. The molecule has 230 valence electrons. The second kappa shape index (κ2) is 14.7. The van der Waals surface area contributed by atoms with E-state index in [0.717, 1.165) is 27.6 Å². The lowest BCUT2D eigenvalue weighted by atomic mass is 10.0. The van der Waals surface area contributed by atoms with Crippen LogP contribution in [0.4, 0.5) is 10.1 Å². The molecular weight excluding hydrogens is 581 g/mol. The van der Waals surface area contributed by atoms with Gasteiger partial charge in [-0.1, -0.05) is 60.2 Å². The van der Waals surface area contributed by atoms with Crippen LogP contribution in [-0.2, 0) is 32.6 Å². The summed E-state index contributed by atoms with van der Waals surface area (Å²) < 4.78 is 48.2. The van der Waals surface area contributed by atoms with E-state index in [9.17, 15) is 22.4 Å². The Morgan fingerprint density at radius 2 is 1.55 bits per heavy atom. The fourth-order valence-electron chi connectivity index (χ4n) is 4.79. The molecule has 1 atom stereocenters. The van der Waals surface area contributed by atoms with Crippen LogP contribution >= 0.6 is 0 Å². The summed E-state index contributed by atoms with van der Waals surface area (Å²) in [6.45, 7) is 3.34. The Morgan fingerprint density at radius 1 is 0.886 bits per heavy atom. The molecule has 0 bridgehead atoms. The molecule has 0 spiro atoms.